The summed E-state index contributed by atoms with van der Waals surface area (Å²) in [5, 5.41) is 10.7. The monoisotopic (exact) mass is 543 g/mol. The summed E-state index contributed by atoms with van der Waals surface area (Å²) in [5.74, 6) is 1.56. The third kappa shape index (κ3) is 4.80. The minimum Gasteiger partial charge on any atom is -0.497 e. The van der Waals surface area contributed by atoms with Gasteiger partial charge in [-0.05, 0) is 54.8 Å². The van der Waals surface area contributed by atoms with Gasteiger partial charge in [0.2, 0.25) is 5.91 Å². The zero-order chi connectivity index (χ0) is 27.8. The van der Waals surface area contributed by atoms with Gasteiger partial charge in [0, 0.05) is 23.2 Å². The van der Waals surface area contributed by atoms with E-state index in [1.807, 2.05) is 60.7 Å². The first-order valence-corrected chi connectivity index (χ1v) is 13.9. The standard InChI is InChI=1S/C32H29N7O2/c1-41-23-10-5-9-20(16-23)24-11-6-12-26-28(24)37-31(36-26)30-29-27(38-39-30)14-13-25(35-29)21-15-22(18-33-17-21)34-32(40)19-7-3-2-4-8-19/h5-6,9-19H,2-4,7-8H2,1H3,(H,34,40)(H,36,37)(H,38,39). The average Bonchev–Trinajstić information content (AvgIpc) is 3.65. The van der Waals surface area contributed by atoms with Crippen LogP contribution in [0.1, 0.15) is 32.1 Å². The molecule has 2 aromatic carbocycles. The van der Waals surface area contributed by atoms with Gasteiger partial charge in [-0.25, -0.2) is 9.97 Å². The van der Waals surface area contributed by atoms with Gasteiger partial charge < -0.3 is 15.0 Å². The lowest BCUT2D eigenvalue weighted by atomic mass is 9.88. The van der Waals surface area contributed by atoms with E-state index in [4.69, 9.17) is 14.7 Å². The van der Waals surface area contributed by atoms with Crippen LogP contribution in [0, 0.1) is 5.92 Å². The highest BCUT2D eigenvalue weighted by molar-refractivity contribution is 5.97. The number of para-hydroxylation sites is 1. The Morgan fingerprint density at radius 2 is 1.78 bits per heavy atom. The minimum atomic E-state index is 0.0717. The molecular weight excluding hydrogens is 514 g/mol. The Bertz CT molecular complexity index is 1880. The van der Waals surface area contributed by atoms with Crippen molar-refractivity contribution in [3.8, 4) is 39.7 Å². The zero-order valence-corrected chi connectivity index (χ0v) is 22.6. The van der Waals surface area contributed by atoms with E-state index in [1.54, 1.807) is 19.5 Å². The summed E-state index contributed by atoms with van der Waals surface area (Å²) in [4.78, 5) is 30.5. The van der Waals surface area contributed by atoms with Gasteiger partial charge in [-0.2, -0.15) is 5.10 Å². The molecule has 1 aliphatic carbocycles. The van der Waals surface area contributed by atoms with E-state index in [0.29, 0.717) is 22.7 Å². The number of amides is 1. The predicted molar refractivity (Wildman–Crippen MR) is 159 cm³/mol. The van der Waals surface area contributed by atoms with E-state index in [9.17, 15) is 4.79 Å². The van der Waals surface area contributed by atoms with Crippen molar-refractivity contribution in [3.05, 3.63) is 73.1 Å². The number of ether oxygens (including phenoxy) is 1. The van der Waals surface area contributed by atoms with Crippen LogP contribution in [0.4, 0.5) is 5.69 Å². The lowest BCUT2D eigenvalue weighted by molar-refractivity contribution is -0.120. The van der Waals surface area contributed by atoms with Gasteiger partial charge in [0.15, 0.2) is 11.5 Å². The molecule has 1 aliphatic rings. The summed E-state index contributed by atoms with van der Waals surface area (Å²) in [5.41, 5.74) is 8.10. The molecule has 4 aromatic heterocycles. The molecule has 1 fully saturated rings. The molecule has 0 atom stereocenters. The van der Waals surface area contributed by atoms with Gasteiger partial charge in [-0.15, -0.1) is 0 Å². The molecule has 0 bridgehead atoms. The van der Waals surface area contributed by atoms with Crippen molar-refractivity contribution >= 4 is 33.7 Å². The van der Waals surface area contributed by atoms with Gasteiger partial charge in [0.05, 0.1) is 41.2 Å². The second-order valence-corrected chi connectivity index (χ2v) is 10.5. The molecule has 9 heteroatoms. The van der Waals surface area contributed by atoms with E-state index < -0.39 is 0 Å². The summed E-state index contributed by atoms with van der Waals surface area (Å²) < 4.78 is 5.43. The third-order valence-electron chi connectivity index (χ3n) is 7.80. The van der Waals surface area contributed by atoms with E-state index in [0.717, 1.165) is 70.4 Å². The summed E-state index contributed by atoms with van der Waals surface area (Å²) in [7, 11) is 1.66. The molecule has 41 heavy (non-hydrogen) atoms. The molecule has 1 saturated carbocycles. The van der Waals surface area contributed by atoms with Gasteiger partial charge in [-0.1, -0.05) is 43.5 Å². The second-order valence-electron chi connectivity index (χ2n) is 10.5. The maximum Gasteiger partial charge on any atom is 0.227 e. The number of imidazole rings is 1. The number of methoxy groups -OCH3 is 1. The van der Waals surface area contributed by atoms with Gasteiger partial charge >= 0.3 is 0 Å². The fourth-order valence-corrected chi connectivity index (χ4v) is 5.65. The number of rotatable bonds is 6. The number of aromatic amines is 2. The van der Waals surface area contributed by atoms with Crippen molar-refractivity contribution in [2.24, 2.45) is 5.92 Å². The molecule has 4 heterocycles. The van der Waals surface area contributed by atoms with Crippen LogP contribution in [0.5, 0.6) is 5.75 Å². The Morgan fingerprint density at radius 3 is 2.66 bits per heavy atom. The average molecular weight is 544 g/mol. The quantitative estimate of drug-likeness (QED) is 0.213. The van der Waals surface area contributed by atoms with Crippen molar-refractivity contribution in [1.82, 2.24) is 30.1 Å². The first kappa shape index (κ1) is 25.0. The van der Waals surface area contributed by atoms with Crippen molar-refractivity contribution in [3.63, 3.8) is 0 Å². The Morgan fingerprint density at radius 1 is 0.902 bits per heavy atom. The molecular formula is C32H29N7O2. The highest BCUT2D eigenvalue weighted by atomic mass is 16.5. The Labute approximate surface area is 236 Å². The number of nitrogens with zero attached hydrogens (tertiary/aromatic N) is 4. The number of anilines is 1. The molecule has 0 radical (unpaired) electrons. The summed E-state index contributed by atoms with van der Waals surface area (Å²) in [6.07, 6.45) is 8.77. The molecule has 6 aromatic rings. The lowest BCUT2D eigenvalue weighted by Crippen LogP contribution is -2.24. The Hall–Kier alpha value is -5.05. The van der Waals surface area contributed by atoms with E-state index in [1.165, 1.54) is 6.42 Å². The largest absolute Gasteiger partial charge is 0.497 e. The number of fused-ring (bicyclic) bond motifs is 2. The molecule has 1 amide bonds. The summed E-state index contributed by atoms with van der Waals surface area (Å²) >= 11 is 0. The molecule has 0 spiro atoms. The molecule has 3 N–H and O–H groups in total. The van der Waals surface area contributed by atoms with E-state index in [2.05, 4.69) is 25.5 Å². The lowest BCUT2D eigenvalue weighted by Gasteiger charge is -2.20. The first-order chi connectivity index (χ1) is 20.2. The third-order valence-corrected chi connectivity index (χ3v) is 7.80. The Balaban J connectivity index is 1.22. The van der Waals surface area contributed by atoms with Gasteiger partial charge in [-0.3, -0.25) is 14.9 Å². The maximum atomic E-state index is 12.8. The number of H-pyrrole nitrogens is 2. The number of hydrogen-bond acceptors (Lipinski definition) is 6. The zero-order valence-electron chi connectivity index (χ0n) is 22.6. The molecule has 7 rings (SSSR count). The topological polar surface area (TPSA) is 121 Å². The summed E-state index contributed by atoms with van der Waals surface area (Å²) in [6, 6.07) is 19.8. The van der Waals surface area contributed by atoms with Crippen molar-refractivity contribution in [2.45, 2.75) is 32.1 Å². The normalized spacial score (nSPS) is 14.0. The fraction of sp³-hybridized carbons (Fsp3) is 0.219. The number of carbonyl (C=O) groups excluding carboxylic acids is 1. The second kappa shape index (κ2) is 10.5. The number of aromatic nitrogens is 6. The smallest absolute Gasteiger partial charge is 0.227 e. The maximum absolute atomic E-state index is 12.8. The minimum absolute atomic E-state index is 0.0717. The van der Waals surface area contributed by atoms with Crippen LogP contribution >= 0.6 is 0 Å². The van der Waals surface area contributed by atoms with Gasteiger partial charge in [0.1, 0.15) is 11.3 Å². The number of carbonyl (C=O) groups is 1. The molecule has 204 valence electrons. The van der Waals surface area contributed by atoms with Crippen LogP contribution in [0.3, 0.4) is 0 Å². The van der Waals surface area contributed by atoms with E-state index in [-0.39, 0.29) is 11.8 Å². The van der Waals surface area contributed by atoms with Crippen LogP contribution in [0.15, 0.2) is 73.1 Å². The Kier molecular flexibility index (Phi) is 6.39. The number of pyridine rings is 2. The molecule has 0 aliphatic heterocycles. The first-order valence-electron chi connectivity index (χ1n) is 13.9. The molecule has 9 nitrogen and oxygen atoms in total. The van der Waals surface area contributed by atoms with Crippen LogP contribution in [0.25, 0.3) is 56.0 Å². The number of nitrogens with one attached hydrogen (secondary N) is 3. The van der Waals surface area contributed by atoms with Crippen LogP contribution in [-0.4, -0.2) is 43.2 Å². The van der Waals surface area contributed by atoms with Crippen molar-refractivity contribution in [2.75, 3.05) is 12.4 Å². The number of benzene rings is 2. The predicted octanol–water partition coefficient (Wildman–Crippen LogP) is 6.76. The summed E-state index contributed by atoms with van der Waals surface area (Å²) in [6.45, 7) is 0. The molecule has 0 unspecified atom stereocenters. The van der Waals surface area contributed by atoms with Gasteiger partial charge in [0.25, 0.3) is 0 Å². The SMILES string of the molecule is COc1cccc(-c2cccc3[nH]c(-c4n[nH]c5ccc(-c6cncc(NC(=O)C7CCCCC7)c6)nc45)nc23)c1. The van der Waals surface area contributed by atoms with Crippen LogP contribution < -0.4 is 10.1 Å². The van der Waals surface area contributed by atoms with Crippen molar-refractivity contribution in [1.29, 1.82) is 0 Å². The molecule has 0 saturated heterocycles. The van der Waals surface area contributed by atoms with Crippen LogP contribution in [-0.2, 0) is 4.79 Å². The van der Waals surface area contributed by atoms with Crippen molar-refractivity contribution < 1.29 is 9.53 Å². The highest BCUT2D eigenvalue weighted by Gasteiger charge is 2.22. The fourth-order valence-electron chi connectivity index (χ4n) is 5.65. The number of hydrogen-bond donors (Lipinski definition) is 3. The van der Waals surface area contributed by atoms with Crippen LogP contribution in [0.2, 0.25) is 0 Å². The van der Waals surface area contributed by atoms with E-state index >= 15 is 0 Å². The highest BCUT2D eigenvalue weighted by Crippen LogP contribution is 2.33.